The van der Waals surface area contributed by atoms with Crippen molar-refractivity contribution in [2.75, 3.05) is 20.2 Å². The first kappa shape index (κ1) is 27.2. The smallest absolute Gasteiger partial charge is 0.490 e. The molecule has 1 aliphatic rings. The van der Waals surface area contributed by atoms with E-state index in [4.69, 9.17) is 24.0 Å². The van der Waals surface area contributed by atoms with E-state index in [-0.39, 0.29) is 0 Å². The highest BCUT2D eigenvalue weighted by Crippen LogP contribution is 2.34. The van der Waals surface area contributed by atoms with Gasteiger partial charge in [0.2, 0.25) is 0 Å². The Labute approximate surface area is 217 Å². The van der Waals surface area contributed by atoms with E-state index in [0.717, 1.165) is 77.7 Å². The van der Waals surface area contributed by atoms with Gasteiger partial charge in [0.1, 0.15) is 22.8 Å². The number of carboxylic acid groups (broad SMARTS) is 1. The zero-order valence-electron chi connectivity index (χ0n) is 21.3. The van der Waals surface area contributed by atoms with E-state index in [9.17, 15) is 13.2 Å². The number of benzene rings is 1. The molecule has 8 nitrogen and oxygen atoms in total. The molecule has 0 atom stereocenters. The number of likely N-dealkylation sites (tertiary alicyclic amines) is 1. The quantitative estimate of drug-likeness (QED) is 0.361. The summed E-state index contributed by atoms with van der Waals surface area (Å²) in [7, 11) is 3.73. The molecule has 0 bridgehead atoms. The number of aliphatic carboxylic acids is 1. The maximum Gasteiger partial charge on any atom is 0.490 e. The first-order valence-electron chi connectivity index (χ1n) is 12.1. The second-order valence-electron chi connectivity index (χ2n) is 9.21. The molecule has 202 valence electrons. The molecule has 3 aromatic heterocycles. The predicted molar refractivity (Wildman–Crippen MR) is 135 cm³/mol. The molecule has 0 radical (unpaired) electrons. The first-order valence-corrected chi connectivity index (χ1v) is 12.1. The van der Waals surface area contributed by atoms with Gasteiger partial charge in [-0.1, -0.05) is 0 Å². The lowest BCUT2D eigenvalue weighted by atomic mass is 9.92. The molecule has 1 saturated heterocycles. The fraction of sp³-hybridized carbons (Fsp3) is 0.370. The van der Waals surface area contributed by atoms with E-state index < -0.39 is 12.1 Å². The van der Waals surface area contributed by atoms with Gasteiger partial charge in [0.15, 0.2) is 0 Å². The topological polar surface area (TPSA) is 93.6 Å². The van der Waals surface area contributed by atoms with E-state index in [1.165, 1.54) is 0 Å². The zero-order valence-corrected chi connectivity index (χ0v) is 21.3. The number of hydrogen-bond donors (Lipinski definition) is 1. The van der Waals surface area contributed by atoms with Gasteiger partial charge in [-0.2, -0.15) is 13.2 Å². The van der Waals surface area contributed by atoms with Crippen LogP contribution in [0, 0.1) is 6.92 Å². The lowest BCUT2D eigenvalue weighted by Crippen LogP contribution is -2.32. The largest absolute Gasteiger partial charge is 0.497 e. The molecular weight excluding hydrogens is 501 g/mol. The SMILES string of the molecule is COc1ccc(-c2nc(C3CCN(Cc4ccc(C)o4)CC3)cc3c2ncn3C)cc1.O=C(O)C(F)(F)F. The van der Waals surface area contributed by atoms with Crippen LogP contribution < -0.4 is 4.74 Å². The second-order valence-corrected chi connectivity index (χ2v) is 9.21. The minimum absolute atomic E-state index is 0.450. The maximum absolute atomic E-state index is 10.6. The van der Waals surface area contributed by atoms with Crippen LogP contribution in [0.25, 0.3) is 22.3 Å². The van der Waals surface area contributed by atoms with E-state index in [1.807, 2.05) is 38.5 Å². The van der Waals surface area contributed by atoms with Crippen LogP contribution in [0.2, 0.25) is 0 Å². The molecule has 0 saturated carbocycles. The molecule has 5 rings (SSSR count). The average molecular weight is 531 g/mol. The Morgan fingerprint density at radius 1 is 1.16 bits per heavy atom. The number of aromatic nitrogens is 3. The predicted octanol–water partition coefficient (Wildman–Crippen LogP) is 5.56. The summed E-state index contributed by atoms with van der Waals surface area (Å²) in [6.45, 7) is 4.98. The Morgan fingerprint density at radius 3 is 2.37 bits per heavy atom. The van der Waals surface area contributed by atoms with E-state index in [1.54, 1.807) is 7.11 Å². The van der Waals surface area contributed by atoms with Crippen molar-refractivity contribution < 1.29 is 32.2 Å². The van der Waals surface area contributed by atoms with Gasteiger partial charge in [0, 0.05) is 24.2 Å². The van der Waals surface area contributed by atoms with Crippen molar-refractivity contribution in [3.8, 4) is 17.0 Å². The summed E-state index contributed by atoms with van der Waals surface area (Å²) in [6.07, 6.45) is -1.02. The summed E-state index contributed by atoms with van der Waals surface area (Å²) >= 11 is 0. The van der Waals surface area contributed by atoms with Crippen molar-refractivity contribution in [2.45, 2.75) is 38.4 Å². The highest BCUT2D eigenvalue weighted by Gasteiger charge is 2.38. The number of halogens is 3. The molecule has 1 fully saturated rings. The Kier molecular flexibility index (Phi) is 8.05. The van der Waals surface area contributed by atoms with Crippen LogP contribution in [0.3, 0.4) is 0 Å². The average Bonchev–Trinajstić information content (AvgIpc) is 3.48. The van der Waals surface area contributed by atoms with Crippen molar-refractivity contribution in [1.82, 2.24) is 19.4 Å². The first-order chi connectivity index (χ1) is 18.0. The third-order valence-corrected chi connectivity index (χ3v) is 6.52. The van der Waals surface area contributed by atoms with Gasteiger partial charge in [0.25, 0.3) is 0 Å². The second kappa shape index (κ2) is 11.3. The number of fused-ring (bicyclic) bond motifs is 1. The molecule has 1 aliphatic heterocycles. The number of alkyl halides is 3. The number of piperidine rings is 1. The van der Waals surface area contributed by atoms with Crippen LogP contribution in [-0.4, -0.2) is 56.9 Å². The summed E-state index contributed by atoms with van der Waals surface area (Å²) in [5.41, 5.74) is 5.25. The summed E-state index contributed by atoms with van der Waals surface area (Å²) in [4.78, 5) is 21.1. The van der Waals surface area contributed by atoms with Gasteiger partial charge in [-0.15, -0.1) is 0 Å². The van der Waals surface area contributed by atoms with Crippen molar-refractivity contribution in [2.24, 2.45) is 7.05 Å². The minimum Gasteiger partial charge on any atom is -0.497 e. The van der Waals surface area contributed by atoms with E-state index >= 15 is 0 Å². The van der Waals surface area contributed by atoms with Crippen LogP contribution in [0.5, 0.6) is 5.75 Å². The van der Waals surface area contributed by atoms with Crippen molar-refractivity contribution in [3.05, 3.63) is 66.0 Å². The zero-order chi connectivity index (χ0) is 27.4. The summed E-state index contributed by atoms with van der Waals surface area (Å²) < 4.78 is 44.9. The minimum atomic E-state index is -5.08. The number of furan rings is 1. The standard InChI is InChI=1S/C25H28N4O2.C2HF3O2/c1-17-4-7-21(31-17)15-29-12-10-18(11-13-29)22-14-23-25(26-16-28(23)2)24(27-22)19-5-8-20(30-3)9-6-19;3-2(4,5)1(6)7/h4-9,14,16,18H,10-13,15H2,1-3H3;(H,6,7). The number of ether oxygens (including phenoxy) is 1. The summed E-state index contributed by atoms with van der Waals surface area (Å²) in [5, 5.41) is 7.12. The monoisotopic (exact) mass is 530 g/mol. The highest BCUT2D eigenvalue weighted by molar-refractivity contribution is 5.90. The fourth-order valence-electron chi connectivity index (χ4n) is 4.48. The Morgan fingerprint density at radius 2 is 1.82 bits per heavy atom. The molecule has 4 aromatic rings. The molecule has 1 N–H and O–H groups in total. The van der Waals surface area contributed by atoms with Crippen LogP contribution in [0.4, 0.5) is 13.2 Å². The van der Waals surface area contributed by atoms with Crippen molar-refractivity contribution in [1.29, 1.82) is 0 Å². The van der Waals surface area contributed by atoms with Gasteiger partial charge in [0.05, 0.1) is 31.2 Å². The molecule has 11 heteroatoms. The Bertz CT molecular complexity index is 1390. The number of imidazole rings is 1. The fourth-order valence-corrected chi connectivity index (χ4v) is 4.48. The van der Waals surface area contributed by atoms with Crippen LogP contribution in [-0.2, 0) is 18.4 Å². The van der Waals surface area contributed by atoms with Crippen LogP contribution in [0.1, 0.15) is 36.0 Å². The Balaban J connectivity index is 0.000000426. The number of methoxy groups -OCH3 is 1. The molecule has 0 unspecified atom stereocenters. The lowest BCUT2D eigenvalue weighted by Gasteiger charge is -2.31. The molecule has 38 heavy (non-hydrogen) atoms. The van der Waals surface area contributed by atoms with Gasteiger partial charge < -0.3 is 18.8 Å². The number of hydrogen-bond acceptors (Lipinski definition) is 6. The molecule has 0 amide bonds. The Hall–Kier alpha value is -3.86. The molecule has 0 spiro atoms. The number of nitrogens with zero attached hydrogens (tertiary/aromatic N) is 4. The van der Waals surface area contributed by atoms with Gasteiger partial charge in [-0.3, -0.25) is 9.88 Å². The molecule has 0 aliphatic carbocycles. The highest BCUT2D eigenvalue weighted by atomic mass is 19.4. The van der Waals surface area contributed by atoms with Gasteiger partial charge >= 0.3 is 12.1 Å². The number of aryl methyl sites for hydroxylation is 2. The van der Waals surface area contributed by atoms with E-state index in [2.05, 4.69) is 38.7 Å². The van der Waals surface area contributed by atoms with Crippen LogP contribution >= 0.6 is 0 Å². The number of carboxylic acids is 1. The number of carbonyl (C=O) groups is 1. The summed E-state index contributed by atoms with van der Waals surface area (Å²) in [6, 6.07) is 14.4. The molecule has 4 heterocycles. The number of pyridine rings is 1. The van der Waals surface area contributed by atoms with Crippen molar-refractivity contribution >= 4 is 17.0 Å². The van der Waals surface area contributed by atoms with E-state index in [0.29, 0.717) is 5.92 Å². The van der Waals surface area contributed by atoms with Crippen LogP contribution in [0.15, 0.2) is 53.2 Å². The molecular formula is C27H29F3N4O4. The maximum atomic E-state index is 10.6. The third-order valence-electron chi connectivity index (χ3n) is 6.52. The normalized spacial score (nSPS) is 14.8. The third kappa shape index (κ3) is 6.34. The molecule has 1 aromatic carbocycles. The lowest BCUT2D eigenvalue weighted by molar-refractivity contribution is -0.192. The number of rotatable bonds is 5. The van der Waals surface area contributed by atoms with Crippen molar-refractivity contribution in [3.63, 3.8) is 0 Å². The van der Waals surface area contributed by atoms with Gasteiger partial charge in [-0.05, 0) is 75.3 Å². The van der Waals surface area contributed by atoms with Gasteiger partial charge in [-0.25, -0.2) is 9.78 Å². The summed E-state index contributed by atoms with van der Waals surface area (Å²) in [5.74, 6) is 0.562.